The third-order valence-corrected chi connectivity index (χ3v) is 4.44. The van der Waals surface area contributed by atoms with E-state index in [4.69, 9.17) is 23.8 Å². The van der Waals surface area contributed by atoms with E-state index in [9.17, 15) is 4.79 Å². The molecule has 1 amide bonds. The molecular formula is C18H18ClN3OS. The van der Waals surface area contributed by atoms with Crippen molar-refractivity contribution in [3.05, 3.63) is 59.1 Å². The Kier molecular flexibility index (Phi) is 5.33. The predicted octanol–water partition coefficient (Wildman–Crippen LogP) is 4.38. The molecule has 4 nitrogen and oxygen atoms in total. The highest BCUT2D eigenvalue weighted by atomic mass is 35.5. The Balaban J connectivity index is 1.60. The van der Waals surface area contributed by atoms with Crippen molar-refractivity contribution in [2.24, 2.45) is 0 Å². The van der Waals surface area contributed by atoms with Crippen molar-refractivity contribution >= 4 is 46.2 Å². The molecule has 0 aromatic heterocycles. The average Bonchev–Trinajstić information content (AvgIpc) is 3.11. The van der Waals surface area contributed by atoms with Gasteiger partial charge >= 0.3 is 0 Å². The lowest BCUT2D eigenvalue weighted by Gasteiger charge is -2.16. The molecule has 0 unspecified atom stereocenters. The van der Waals surface area contributed by atoms with E-state index in [0.717, 1.165) is 37.3 Å². The number of likely N-dealkylation sites (tertiary alicyclic amines) is 1. The Morgan fingerprint density at radius 2 is 1.67 bits per heavy atom. The number of carbonyl (C=O) groups excluding carboxylic acids is 1. The summed E-state index contributed by atoms with van der Waals surface area (Å²) in [4.78, 5) is 14.2. The van der Waals surface area contributed by atoms with Crippen LogP contribution in [0.1, 0.15) is 23.2 Å². The van der Waals surface area contributed by atoms with E-state index in [1.165, 1.54) is 0 Å². The quantitative estimate of drug-likeness (QED) is 0.798. The standard InChI is InChI=1S/C18H18ClN3OS/c19-15-5-1-2-6-16(15)21-18(24)20-14-9-7-13(8-10-14)17(23)22-11-3-4-12-22/h1-2,5-10H,3-4,11-12H2,(H2,20,21,24). The Morgan fingerprint density at radius 1 is 1.00 bits per heavy atom. The number of rotatable bonds is 3. The Morgan fingerprint density at radius 3 is 2.33 bits per heavy atom. The molecular weight excluding hydrogens is 342 g/mol. The lowest BCUT2D eigenvalue weighted by molar-refractivity contribution is 0.0793. The average molecular weight is 360 g/mol. The van der Waals surface area contributed by atoms with E-state index in [-0.39, 0.29) is 5.91 Å². The molecule has 0 saturated carbocycles. The predicted molar refractivity (Wildman–Crippen MR) is 103 cm³/mol. The first-order valence-electron chi connectivity index (χ1n) is 7.85. The van der Waals surface area contributed by atoms with Crippen molar-refractivity contribution in [3.8, 4) is 0 Å². The zero-order valence-electron chi connectivity index (χ0n) is 13.1. The summed E-state index contributed by atoms with van der Waals surface area (Å²) in [6.45, 7) is 1.70. The zero-order valence-corrected chi connectivity index (χ0v) is 14.7. The van der Waals surface area contributed by atoms with Gasteiger partial charge in [-0.25, -0.2) is 0 Å². The molecule has 1 aliphatic heterocycles. The van der Waals surface area contributed by atoms with Crippen molar-refractivity contribution in [2.75, 3.05) is 23.7 Å². The minimum Gasteiger partial charge on any atom is -0.339 e. The molecule has 2 N–H and O–H groups in total. The monoisotopic (exact) mass is 359 g/mol. The Hall–Kier alpha value is -2.11. The van der Waals surface area contributed by atoms with Crippen molar-refractivity contribution in [3.63, 3.8) is 0 Å². The van der Waals surface area contributed by atoms with Crippen LogP contribution in [0.2, 0.25) is 5.02 Å². The van der Waals surface area contributed by atoms with Crippen molar-refractivity contribution in [1.29, 1.82) is 0 Å². The van der Waals surface area contributed by atoms with Gasteiger partial charge in [0.15, 0.2) is 5.11 Å². The molecule has 2 aromatic rings. The first kappa shape index (κ1) is 16.7. The zero-order chi connectivity index (χ0) is 16.9. The fourth-order valence-electron chi connectivity index (χ4n) is 2.65. The molecule has 1 heterocycles. The minimum absolute atomic E-state index is 0.0934. The summed E-state index contributed by atoms with van der Waals surface area (Å²) in [5.74, 6) is 0.0934. The summed E-state index contributed by atoms with van der Waals surface area (Å²) < 4.78 is 0. The van der Waals surface area contributed by atoms with Gasteiger partial charge in [0, 0.05) is 24.3 Å². The number of nitrogens with one attached hydrogen (secondary N) is 2. The van der Waals surface area contributed by atoms with Gasteiger partial charge in [0.2, 0.25) is 0 Å². The normalized spacial score (nSPS) is 13.6. The van der Waals surface area contributed by atoms with Crippen LogP contribution in [0.5, 0.6) is 0 Å². The van der Waals surface area contributed by atoms with Gasteiger partial charge in [-0.15, -0.1) is 0 Å². The second kappa shape index (κ2) is 7.64. The van der Waals surface area contributed by atoms with Gasteiger partial charge in [0.05, 0.1) is 10.7 Å². The Labute approximate surface area is 151 Å². The third-order valence-electron chi connectivity index (χ3n) is 3.91. The summed E-state index contributed by atoms with van der Waals surface area (Å²) in [6.07, 6.45) is 2.18. The summed E-state index contributed by atoms with van der Waals surface area (Å²) in [5.41, 5.74) is 2.27. The van der Waals surface area contributed by atoms with Crippen molar-refractivity contribution in [2.45, 2.75) is 12.8 Å². The SMILES string of the molecule is O=C(c1ccc(NC(=S)Nc2ccccc2Cl)cc1)N1CCCC1. The van der Waals surface area contributed by atoms with Crippen LogP contribution in [0, 0.1) is 0 Å². The number of nitrogens with zero attached hydrogens (tertiary/aromatic N) is 1. The van der Waals surface area contributed by atoms with E-state index >= 15 is 0 Å². The highest BCUT2D eigenvalue weighted by molar-refractivity contribution is 7.80. The molecule has 1 aliphatic rings. The summed E-state index contributed by atoms with van der Waals surface area (Å²) >= 11 is 11.4. The molecule has 3 rings (SSSR count). The molecule has 0 aliphatic carbocycles. The van der Waals surface area contributed by atoms with Crippen molar-refractivity contribution in [1.82, 2.24) is 4.90 Å². The lowest BCUT2D eigenvalue weighted by atomic mass is 10.2. The van der Waals surface area contributed by atoms with E-state index in [1.807, 2.05) is 47.4 Å². The maximum absolute atomic E-state index is 12.3. The van der Waals surface area contributed by atoms with Crippen LogP contribution in [0.15, 0.2) is 48.5 Å². The summed E-state index contributed by atoms with van der Waals surface area (Å²) in [7, 11) is 0. The molecule has 0 bridgehead atoms. The highest BCUT2D eigenvalue weighted by Crippen LogP contribution is 2.21. The molecule has 0 spiro atoms. The van der Waals surface area contributed by atoms with Gasteiger partial charge in [0.1, 0.15) is 0 Å². The molecule has 1 saturated heterocycles. The number of anilines is 2. The second-order valence-electron chi connectivity index (χ2n) is 5.64. The fourth-order valence-corrected chi connectivity index (χ4v) is 3.06. The molecule has 0 radical (unpaired) electrons. The van der Waals surface area contributed by atoms with Crippen LogP contribution in [0.3, 0.4) is 0 Å². The van der Waals surface area contributed by atoms with E-state index < -0.39 is 0 Å². The molecule has 124 valence electrons. The number of hydrogen-bond acceptors (Lipinski definition) is 2. The topological polar surface area (TPSA) is 44.4 Å². The van der Waals surface area contributed by atoms with Gasteiger partial charge in [-0.3, -0.25) is 4.79 Å². The first-order valence-corrected chi connectivity index (χ1v) is 8.64. The third kappa shape index (κ3) is 4.04. The van der Waals surface area contributed by atoms with Crippen LogP contribution in [0.4, 0.5) is 11.4 Å². The number of benzene rings is 2. The molecule has 6 heteroatoms. The Bertz CT molecular complexity index is 742. The smallest absolute Gasteiger partial charge is 0.253 e. The largest absolute Gasteiger partial charge is 0.339 e. The highest BCUT2D eigenvalue weighted by Gasteiger charge is 2.19. The minimum atomic E-state index is 0.0934. The molecule has 0 atom stereocenters. The van der Waals surface area contributed by atoms with E-state index in [1.54, 1.807) is 6.07 Å². The number of halogens is 1. The van der Waals surface area contributed by atoms with Crippen LogP contribution in [0.25, 0.3) is 0 Å². The van der Waals surface area contributed by atoms with Gasteiger partial charge < -0.3 is 15.5 Å². The van der Waals surface area contributed by atoms with Crippen LogP contribution in [-0.2, 0) is 0 Å². The summed E-state index contributed by atoms with van der Waals surface area (Å²) in [6, 6.07) is 14.7. The number of para-hydroxylation sites is 1. The first-order chi connectivity index (χ1) is 11.6. The summed E-state index contributed by atoms with van der Waals surface area (Å²) in [5, 5.41) is 7.19. The fraction of sp³-hybridized carbons (Fsp3) is 0.222. The lowest BCUT2D eigenvalue weighted by Crippen LogP contribution is -2.27. The van der Waals surface area contributed by atoms with E-state index in [0.29, 0.717) is 15.7 Å². The molecule has 2 aromatic carbocycles. The maximum Gasteiger partial charge on any atom is 0.253 e. The van der Waals surface area contributed by atoms with Crippen LogP contribution < -0.4 is 10.6 Å². The number of carbonyl (C=O) groups is 1. The van der Waals surface area contributed by atoms with Gasteiger partial charge in [-0.1, -0.05) is 23.7 Å². The van der Waals surface area contributed by atoms with E-state index in [2.05, 4.69) is 10.6 Å². The maximum atomic E-state index is 12.3. The van der Waals surface area contributed by atoms with Crippen LogP contribution in [-0.4, -0.2) is 29.0 Å². The van der Waals surface area contributed by atoms with Gasteiger partial charge in [0.25, 0.3) is 5.91 Å². The van der Waals surface area contributed by atoms with Crippen LogP contribution >= 0.6 is 23.8 Å². The number of amides is 1. The number of hydrogen-bond donors (Lipinski definition) is 2. The second-order valence-corrected chi connectivity index (χ2v) is 6.45. The molecule has 1 fully saturated rings. The number of thiocarbonyl (C=S) groups is 1. The molecule has 24 heavy (non-hydrogen) atoms. The van der Waals surface area contributed by atoms with Crippen molar-refractivity contribution < 1.29 is 4.79 Å². The van der Waals surface area contributed by atoms with Gasteiger partial charge in [-0.2, -0.15) is 0 Å². The van der Waals surface area contributed by atoms with Gasteiger partial charge in [-0.05, 0) is 61.5 Å².